The largest absolute Gasteiger partial charge is 0.417 e. The highest BCUT2D eigenvalue weighted by molar-refractivity contribution is 5.95. The predicted molar refractivity (Wildman–Crippen MR) is 66.1 cm³/mol. The van der Waals surface area contributed by atoms with Gasteiger partial charge in [-0.15, -0.1) is 0 Å². The van der Waals surface area contributed by atoms with Crippen molar-refractivity contribution in [3.05, 3.63) is 34.9 Å². The first-order valence-electron chi connectivity index (χ1n) is 5.88. The Bertz CT molecular complexity index is 474. The maximum Gasteiger partial charge on any atom is 0.417 e. The van der Waals surface area contributed by atoms with Gasteiger partial charge < -0.3 is 4.74 Å². The molecule has 0 spiro atoms. The summed E-state index contributed by atoms with van der Waals surface area (Å²) < 4.78 is 43.4. The molecule has 0 aliphatic carbocycles. The zero-order valence-corrected chi connectivity index (χ0v) is 11.4. The molecule has 1 N–H and O–H groups in total. The number of methoxy groups -OCH3 is 1. The van der Waals surface area contributed by atoms with Crippen molar-refractivity contribution in [3.63, 3.8) is 0 Å². The van der Waals surface area contributed by atoms with Gasteiger partial charge in [-0.3, -0.25) is 9.63 Å². The third kappa shape index (κ3) is 4.50. The minimum Gasteiger partial charge on any atom is -0.382 e. The number of hydroxylamine groups is 1. The van der Waals surface area contributed by atoms with E-state index in [-0.39, 0.29) is 6.61 Å². The minimum absolute atomic E-state index is 0.209. The molecule has 1 rings (SSSR count). The number of ether oxygens (including phenoxy) is 1. The zero-order valence-electron chi connectivity index (χ0n) is 11.4. The maximum atomic E-state index is 12.9. The molecule has 1 atom stereocenters. The van der Waals surface area contributed by atoms with E-state index in [1.54, 1.807) is 6.92 Å². The van der Waals surface area contributed by atoms with Crippen molar-refractivity contribution in [1.82, 2.24) is 5.48 Å². The number of amides is 1. The van der Waals surface area contributed by atoms with E-state index in [0.717, 1.165) is 12.1 Å². The fourth-order valence-corrected chi connectivity index (χ4v) is 1.57. The number of carbonyl (C=O) groups excluding carboxylic acids is 1. The molecule has 112 valence electrons. The first-order chi connectivity index (χ1) is 9.25. The number of nitrogens with one attached hydrogen (secondary N) is 1. The highest BCUT2D eigenvalue weighted by atomic mass is 19.4. The fourth-order valence-electron chi connectivity index (χ4n) is 1.57. The Morgan fingerprint density at radius 1 is 1.40 bits per heavy atom. The first kappa shape index (κ1) is 16.5. The van der Waals surface area contributed by atoms with Crippen molar-refractivity contribution in [2.45, 2.75) is 26.1 Å². The van der Waals surface area contributed by atoms with Crippen LogP contribution in [0.2, 0.25) is 0 Å². The molecule has 1 unspecified atom stereocenters. The topological polar surface area (TPSA) is 47.6 Å². The molecule has 0 aliphatic heterocycles. The van der Waals surface area contributed by atoms with Crippen LogP contribution in [-0.2, 0) is 15.8 Å². The number of hydrogen-bond acceptors (Lipinski definition) is 3. The SMILES string of the molecule is COCC(C)ONC(=O)c1ccc(C)cc1C(F)(F)F. The van der Waals surface area contributed by atoms with Gasteiger partial charge in [0.25, 0.3) is 5.91 Å². The van der Waals surface area contributed by atoms with Gasteiger partial charge in [0.05, 0.1) is 17.7 Å². The van der Waals surface area contributed by atoms with E-state index in [2.05, 4.69) is 0 Å². The lowest BCUT2D eigenvalue weighted by Crippen LogP contribution is -2.31. The quantitative estimate of drug-likeness (QED) is 0.849. The molecule has 1 amide bonds. The van der Waals surface area contributed by atoms with Crippen LogP contribution in [0.15, 0.2) is 18.2 Å². The lowest BCUT2D eigenvalue weighted by Gasteiger charge is -2.15. The molecular weight excluding hydrogens is 275 g/mol. The van der Waals surface area contributed by atoms with E-state index in [9.17, 15) is 18.0 Å². The molecule has 20 heavy (non-hydrogen) atoms. The molecule has 0 saturated heterocycles. The summed E-state index contributed by atoms with van der Waals surface area (Å²) in [4.78, 5) is 16.7. The van der Waals surface area contributed by atoms with Crippen molar-refractivity contribution in [2.75, 3.05) is 13.7 Å². The van der Waals surface area contributed by atoms with Crippen molar-refractivity contribution >= 4 is 5.91 Å². The highest BCUT2D eigenvalue weighted by Gasteiger charge is 2.35. The van der Waals surface area contributed by atoms with Gasteiger partial charge in [0, 0.05) is 7.11 Å². The Morgan fingerprint density at radius 3 is 2.60 bits per heavy atom. The number of alkyl halides is 3. The van der Waals surface area contributed by atoms with Crippen molar-refractivity contribution in [2.24, 2.45) is 0 Å². The van der Waals surface area contributed by atoms with Crippen LogP contribution < -0.4 is 5.48 Å². The second kappa shape index (κ2) is 6.71. The van der Waals surface area contributed by atoms with Gasteiger partial charge in [0.2, 0.25) is 0 Å². The molecule has 7 heteroatoms. The lowest BCUT2D eigenvalue weighted by atomic mass is 10.0. The van der Waals surface area contributed by atoms with Crippen molar-refractivity contribution in [1.29, 1.82) is 0 Å². The average Bonchev–Trinajstić information content (AvgIpc) is 2.35. The van der Waals surface area contributed by atoms with E-state index >= 15 is 0 Å². The summed E-state index contributed by atoms with van der Waals surface area (Å²) >= 11 is 0. The Balaban J connectivity index is 2.88. The summed E-state index contributed by atoms with van der Waals surface area (Å²) in [6.45, 7) is 3.35. The molecule has 1 aromatic rings. The molecule has 0 radical (unpaired) electrons. The van der Waals surface area contributed by atoms with Gasteiger partial charge >= 0.3 is 6.18 Å². The Kier molecular flexibility index (Phi) is 5.52. The van der Waals surface area contributed by atoms with E-state index < -0.39 is 29.3 Å². The zero-order chi connectivity index (χ0) is 15.3. The van der Waals surface area contributed by atoms with Crippen LogP contribution in [0.1, 0.15) is 28.4 Å². The predicted octanol–water partition coefficient (Wildman–Crippen LogP) is 2.71. The number of benzene rings is 1. The minimum atomic E-state index is -4.60. The van der Waals surface area contributed by atoms with Crippen LogP contribution in [0.4, 0.5) is 13.2 Å². The molecule has 0 aromatic heterocycles. The maximum absolute atomic E-state index is 12.9. The van der Waals surface area contributed by atoms with Crippen LogP contribution in [0.5, 0.6) is 0 Å². The normalized spacial score (nSPS) is 13.1. The van der Waals surface area contributed by atoms with E-state index in [1.807, 2.05) is 5.48 Å². The molecule has 4 nitrogen and oxygen atoms in total. The summed E-state index contributed by atoms with van der Waals surface area (Å²) in [7, 11) is 1.45. The van der Waals surface area contributed by atoms with Gasteiger partial charge in [0.15, 0.2) is 0 Å². The molecule has 0 aliphatic rings. The lowest BCUT2D eigenvalue weighted by molar-refractivity contribution is -0.138. The van der Waals surface area contributed by atoms with Crippen molar-refractivity contribution in [3.8, 4) is 0 Å². The summed E-state index contributed by atoms with van der Waals surface area (Å²) in [5, 5.41) is 0. The third-order valence-electron chi connectivity index (χ3n) is 2.48. The number of rotatable bonds is 5. The second-order valence-electron chi connectivity index (χ2n) is 4.36. The second-order valence-corrected chi connectivity index (χ2v) is 4.36. The molecule has 0 bridgehead atoms. The summed E-state index contributed by atoms with van der Waals surface area (Å²) in [6, 6.07) is 3.48. The monoisotopic (exact) mass is 291 g/mol. The average molecular weight is 291 g/mol. The number of aryl methyl sites for hydroxylation is 1. The van der Waals surface area contributed by atoms with Gasteiger partial charge in [-0.05, 0) is 26.0 Å². The van der Waals surface area contributed by atoms with Gasteiger partial charge in [-0.1, -0.05) is 11.6 Å². The highest BCUT2D eigenvalue weighted by Crippen LogP contribution is 2.32. The molecule has 0 fully saturated rings. The van der Waals surface area contributed by atoms with E-state index in [4.69, 9.17) is 9.57 Å². The van der Waals surface area contributed by atoms with Crippen LogP contribution in [0, 0.1) is 6.92 Å². The molecule has 1 aromatic carbocycles. The standard InChI is InChI=1S/C13H16F3NO3/c1-8-4-5-10(11(6-8)13(14,15)16)12(18)17-20-9(2)7-19-3/h4-6,9H,7H2,1-3H3,(H,17,18). The van der Waals surface area contributed by atoms with Crippen LogP contribution >= 0.6 is 0 Å². The van der Waals surface area contributed by atoms with E-state index in [1.165, 1.54) is 20.1 Å². The van der Waals surface area contributed by atoms with Gasteiger partial charge in [0.1, 0.15) is 6.10 Å². The Hall–Kier alpha value is -1.60. The first-order valence-corrected chi connectivity index (χ1v) is 5.88. The molecular formula is C13H16F3NO3. The summed E-state index contributed by atoms with van der Waals surface area (Å²) in [5.41, 5.74) is 0.949. The van der Waals surface area contributed by atoms with Crippen molar-refractivity contribution < 1.29 is 27.5 Å². The smallest absolute Gasteiger partial charge is 0.382 e. The number of carbonyl (C=O) groups is 1. The Morgan fingerprint density at radius 2 is 2.05 bits per heavy atom. The Labute approximate surface area is 114 Å². The molecule has 0 heterocycles. The van der Waals surface area contributed by atoms with E-state index in [0.29, 0.717) is 5.56 Å². The van der Waals surface area contributed by atoms with Gasteiger partial charge in [-0.25, -0.2) is 5.48 Å². The van der Waals surface area contributed by atoms with Gasteiger partial charge in [-0.2, -0.15) is 13.2 Å². The molecule has 0 saturated carbocycles. The van der Waals surface area contributed by atoms with Crippen LogP contribution in [-0.4, -0.2) is 25.7 Å². The van der Waals surface area contributed by atoms with Crippen LogP contribution in [0.25, 0.3) is 0 Å². The van der Waals surface area contributed by atoms with Crippen LogP contribution in [0.3, 0.4) is 0 Å². The number of hydrogen-bond donors (Lipinski definition) is 1. The summed E-state index contributed by atoms with van der Waals surface area (Å²) in [6.07, 6.45) is -5.07. The number of halogens is 3. The third-order valence-corrected chi connectivity index (χ3v) is 2.48. The summed E-state index contributed by atoms with van der Waals surface area (Å²) in [5.74, 6) is -0.944. The fraction of sp³-hybridized carbons (Fsp3) is 0.462.